The molecule has 0 saturated heterocycles. The zero-order chi connectivity index (χ0) is 13.1. The molecule has 2 unspecified atom stereocenters. The van der Waals surface area contributed by atoms with Crippen LogP contribution in [0.3, 0.4) is 0 Å². The Kier molecular flexibility index (Phi) is 4.62. The van der Waals surface area contributed by atoms with Gasteiger partial charge in [0.25, 0.3) is 0 Å². The number of nitrogens with one attached hydrogen (secondary N) is 1. The summed E-state index contributed by atoms with van der Waals surface area (Å²) >= 11 is 1.69. The maximum atomic E-state index is 14.0. The van der Waals surface area contributed by atoms with Crippen molar-refractivity contribution in [1.82, 2.24) is 5.32 Å². The Hall–Kier alpha value is -0.610. The summed E-state index contributed by atoms with van der Waals surface area (Å²) in [7, 11) is 0. The Morgan fingerprint density at radius 1 is 1.33 bits per heavy atom. The summed E-state index contributed by atoms with van der Waals surface area (Å²) in [6, 6.07) is 2.41. The normalized spacial score (nSPS) is 23.6. The molecule has 1 aromatic rings. The van der Waals surface area contributed by atoms with Crippen LogP contribution in [-0.2, 0) is 5.75 Å². The Labute approximate surface area is 111 Å². The highest BCUT2D eigenvalue weighted by molar-refractivity contribution is 7.99. The standard InChI is InChI=1S/C14H19F2NS/c1-3-6-17-13-7-9(2)18-8-10-11(15)4-5-12(16)14(10)13/h4-5,9,13,17H,3,6-8H2,1-2H3. The molecule has 1 aromatic carbocycles. The molecule has 0 fully saturated rings. The molecule has 0 bridgehead atoms. The zero-order valence-corrected chi connectivity index (χ0v) is 11.6. The molecule has 1 heterocycles. The van der Waals surface area contributed by atoms with E-state index < -0.39 is 0 Å². The minimum absolute atomic E-state index is 0.0688. The van der Waals surface area contributed by atoms with Gasteiger partial charge in [0.15, 0.2) is 0 Å². The van der Waals surface area contributed by atoms with Gasteiger partial charge in [-0.2, -0.15) is 11.8 Å². The highest BCUT2D eigenvalue weighted by atomic mass is 32.2. The Morgan fingerprint density at radius 2 is 2.06 bits per heavy atom. The maximum Gasteiger partial charge on any atom is 0.128 e. The highest BCUT2D eigenvalue weighted by Gasteiger charge is 2.27. The molecule has 1 aliphatic rings. The summed E-state index contributed by atoms with van der Waals surface area (Å²) < 4.78 is 27.9. The van der Waals surface area contributed by atoms with Gasteiger partial charge in [0.2, 0.25) is 0 Å². The first-order valence-corrected chi connectivity index (χ1v) is 7.50. The summed E-state index contributed by atoms with van der Waals surface area (Å²) in [5.74, 6) is -0.00397. The topological polar surface area (TPSA) is 12.0 Å². The first-order valence-electron chi connectivity index (χ1n) is 6.45. The van der Waals surface area contributed by atoms with Crippen molar-refractivity contribution >= 4 is 11.8 Å². The number of thioether (sulfide) groups is 1. The van der Waals surface area contributed by atoms with Crippen molar-refractivity contribution in [2.45, 2.75) is 43.7 Å². The molecule has 1 N–H and O–H groups in total. The lowest BCUT2D eigenvalue weighted by Gasteiger charge is -2.21. The maximum absolute atomic E-state index is 14.0. The fourth-order valence-corrected chi connectivity index (χ4v) is 3.45. The van der Waals surface area contributed by atoms with Gasteiger partial charge in [-0.1, -0.05) is 13.8 Å². The summed E-state index contributed by atoms with van der Waals surface area (Å²) in [6.45, 7) is 5.02. The van der Waals surface area contributed by atoms with Crippen LogP contribution in [0, 0.1) is 11.6 Å². The fourth-order valence-electron chi connectivity index (χ4n) is 2.38. The first kappa shape index (κ1) is 13.8. The predicted molar refractivity (Wildman–Crippen MR) is 72.8 cm³/mol. The van der Waals surface area contributed by atoms with Crippen molar-refractivity contribution in [1.29, 1.82) is 0 Å². The molecule has 100 valence electrons. The molecule has 2 atom stereocenters. The molecule has 0 radical (unpaired) electrons. The van der Waals surface area contributed by atoms with Crippen LogP contribution in [0.15, 0.2) is 12.1 Å². The number of hydrogen-bond donors (Lipinski definition) is 1. The Balaban J connectivity index is 2.39. The van der Waals surface area contributed by atoms with E-state index in [0.717, 1.165) is 19.4 Å². The second-order valence-electron chi connectivity index (χ2n) is 4.79. The van der Waals surface area contributed by atoms with Crippen molar-refractivity contribution in [3.63, 3.8) is 0 Å². The van der Waals surface area contributed by atoms with Gasteiger partial charge in [0.1, 0.15) is 11.6 Å². The largest absolute Gasteiger partial charge is 0.310 e. The lowest BCUT2D eigenvalue weighted by atomic mass is 9.96. The van der Waals surface area contributed by atoms with Gasteiger partial charge in [0, 0.05) is 28.2 Å². The van der Waals surface area contributed by atoms with Crippen LogP contribution in [-0.4, -0.2) is 11.8 Å². The lowest BCUT2D eigenvalue weighted by molar-refractivity contribution is 0.468. The van der Waals surface area contributed by atoms with E-state index in [2.05, 4.69) is 19.2 Å². The molecule has 0 saturated carbocycles. The van der Waals surface area contributed by atoms with E-state index in [1.54, 1.807) is 11.8 Å². The van der Waals surface area contributed by atoms with Crippen molar-refractivity contribution in [2.75, 3.05) is 6.54 Å². The lowest BCUT2D eigenvalue weighted by Crippen LogP contribution is -2.25. The van der Waals surface area contributed by atoms with Crippen LogP contribution in [0.5, 0.6) is 0 Å². The van der Waals surface area contributed by atoms with Gasteiger partial charge in [-0.15, -0.1) is 0 Å². The van der Waals surface area contributed by atoms with Gasteiger partial charge < -0.3 is 5.32 Å². The molecular formula is C14H19F2NS. The van der Waals surface area contributed by atoms with Crippen LogP contribution in [0.1, 0.15) is 43.9 Å². The van der Waals surface area contributed by atoms with Crippen LogP contribution >= 0.6 is 11.8 Å². The molecule has 0 aliphatic carbocycles. The molecular weight excluding hydrogens is 252 g/mol. The van der Waals surface area contributed by atoms with Gasteiger partial charge in [-0.25, -0.2) is 8.78 Å². The van der Waals surface area contributed by atoms with Crippen molar-refractivity contribution in [3.05, 3.63) is 34.9 Å². The first-order chi connectivity index (χ1) is 8.63. The highest BCUT2D eigenvalue weighted by Crippen LogP contribution is 2.37. The average molecular weight is 271 g/mol. The second-order valence-corrected chi connectivity index (χ2v) is 6.21. The third-order valence-corrected chi connectivity index (χ3v) is 4.53. The number of rotatable bonds is 3. The van der Waals surface area contributed by atoms with Crippen LogP contribution in [0.25, 0.3) is 0 Å². The smallest absolute Gasteiger partial charge is 0.128 e. The fraction of sp³-hybridized carbons (Fsp3) is 0.571. The minimum atomic E-state index is -0.283. The van der Waals surface area contributed by atoms with E-state index in [-0.39, 0.29) is 17.7 Å². The number of halogens is 2. The number of fused-ring (bicyclic) bond motifs is 1. The Morgan fingerprint density at radius 3 is 2.78 bits per heavy atom. The van der Waals surface area contributed by atoms with Gasteiger partial charge >= 0.3 is 0 Å². The molecule has 1 nitrogen and oxygen atoms in total. The third kappa shape index (κ3) is 2.86. The van der Waals surface area contributed by atoms with Crippen LogP contribution in [0.2, 0.25) is 0 Å². The molecule has 4 heteroatoms. The zero-order valence-electron chi connectivity index (χ0n) is 10.8. The van der Waals surface area contributed by atoms with E-state index in [9.17, 15) is 8.78 Å². The van der Waals surface area contributed by atoms with Gasteiger partial charge in [-0.05, 0) is 31.5 Å². The van der Waals surface area contributed by atoms with E-state index >= 15 is 0 Å². The van der Waals surface area contributed by atoms with Crippen molar-refractivity contribution in [3.8, 4) is 0 Å². The van der Waals surface area contributed by atoms with Crippen molar-refractivity contribution < 1.29 is 8.78 Å². The third-order valence-electron chi connectivity index (χ3n) is 3.32. The Bertz CT molecular complexity index is 423. The summed E-state index contributed by atoms with van der Waals surface area (Å²) in [5.41, 5.74) is 1.08. The average Bonchev–Trinajstić information content (AvgIpc) is 2.51. The minimum Gasteiger partial charge on any atom is -0.310 e. The summed E-state index contributed by atoms with van der Waals surface area (Å²) in [6.07, 6.45) is 1.84. The molecule has 0 amide bonds. The number of hydrogen-bond acceptors (Lipinski definition) is 2. The van der Waals surface area contributed by atoms with Gasteiger partial charge in [0.05, 0.1) is 0 Å². The summed E-state index contributed by atoms with van der Waals surface area (Å²) in [4.78, 5) is 0. The summed E-state index contributed by atoms with van der Waals surface area (Å²) in [5, 5.41) is 3.75. The monoisotopic (exact) mass is 271 g/mol. The van der Waals surface area contributed by atoms with Gasteiger partial charge in [-0.3, -0.25) is 0 Å². The SMILES string of the molecule is CCCNC1CC(C)SCc2c(F)ccc(F)c21. The molecule has 0 aromatic heterocycles. The molecule has 0 spiro atoms. The molecule has 2 rings (SSSR count). The van der Waals surface area contributed by atoms with E-state index in [1.807, 2.05) is 0 Å². The van der Waals surface area contributed by atoms with Crippen LogP contribution in [0.4, 0.5) is 8.78 Å². The van der Waals surface area contributed by atoms with Crippen LogP contribution < -0.4 is 5.32 Å². The molecule has 1 aliphatic heterocycles. The molecule has 18 heavy (non-hydrogen) atoms. The van der Waals surface area contributed by atoms with E-state index in [1.165, 1.54) is 12.1 Å². The van der Waals surface area contributed by atoms with E-state index in [0.29, 0.717) is 22.1 Å². The van der Waals surface area contributed by atoms with E-state index in [4.69, 9.17) is 0 Å². The second kappa shape index (κ2) is 6.02. The predicted octanol–water partition coefficient (Wildman–Crippen LogP) is 4.03. The quantitative estimate of drug-likeness (QED) is 0.890. The van der Waals surface area contributed by atoms with Crippen molar-refractivity contribution in [2.24, 2.45) is 0 Å². The number of benzene rings is 1.